The van der Waals surface area contributed by atoms with Crippen LogP contribution < -0.4 is 10.6 Å². The first-order valence-electron chi connectivity index (χ1n) is 7.58. The predicted molar refractivity (Wildman–Crippen MR) is 93.2 cm³/mol. The van der Waals surface area contributed by atoms with Crippen molar-refractivity contribution >= 4 is 18.3 Å². The number of likely N-dealkylation sites (N-methyl/N-ethyl adjacent to an activating group) is 1. The summed E-state index contributed by atoms with van der Waals surface area (Å²) in [5.74, 6) is -0.0343. The summed E-state index contributed by atoms with van der Waals surface area (Å²) in [6.07, 6.45) is 0.248. The molecule has 0 aliphatic carbocycles. The molecular formula is C16H24ClN5O. The van der Waals surface area contributed by atoms with Gasteiger partial charge in [-0.1, -0.05) is 30.3 Å². The zero-order valence-corrected chi connectivity index (χ0v) is 14.6. The lowest BCUT2D eigenvalue weighted by Gasteiger charge is -2.12. The number of rotatable bonds is 7. The van der Waals surface area contributed by atoms with E-state index in [1.54, 1.807) is 4.68 Å². The number of amides is 1. The average molecular weight is 338 g/mol. The van der Waals surface area contributed by atoms with Gasteiger partial charge in [0.05, 0.1) is 23.5 Å². The third-order valence-electron chi connectivity index (χ3n) is 3.48. The van der Waals surface area contributed by atoms with Crippen LogP contribution in [0.2, 0.25) is 0 Å². The summed E-state index contributed by atoms with van der Waals surface area (Å²) in [6, 6.07) is 10.0. The monoisotopic (exact) mass is 337 g/mol. The zero-order valence-electron chi connectivity index (χ0n) is 13.7. The number of carbonyl (C=O) groups is 1. The molecule has 23 heavy (non-hydrogen) atoms. The Hall–Kier alpha value is -1.92. The van der Waals surface area contributed by atoms with E-state index in [0.29, 0.717) is 12.2 Å². The fraction of sp³-hybridized carbons (Fsp3) is 0.438. The van der Waals surface area contributed by atoms with Crippen molar-refractivity contribution in [2.24, 2.45) is 0 Å². The van der Waals surface area contributed by atoms with Gasteiger partial charge in [-0.25, -0.2) is 4.68 Å². The van der Waals surface area contributed by atoms with Crippen LogP contribution in [0.3, 0.4) is 0 Å². The van der Waals surface area contributed by atoms with Crippen molar-refractivity contribution in [2.75, 3.05) is 13.1 Å². The van der Waals surface area contributed by atoms with Gasteiger partial charge in [0.25, 0.3) is 0 Å². The maximum atomic E-state index is 12.0. The largest absolute Gasteiger partial charge is 0.354 e. The summed E-state index contributed by atoms with van der Waals surface area (Å²) < 4.78 is 1.75. The summed E-state index contributed by atoms with van der Waals surface area (Å²) in [6.45, 7) is 7.52. The summed E-state index contributed by atoms with van der Waals surface area (Å²) in [5.41, 5.74) is 2.54. The summed E-state index contributed by atoms with van der Waals surface area (Å²) >= 11 is 0. The van der Waals surface area contributed by atoms with E-state index >= 15 is 0 Å². The van der Waals surface area contributed by atoms with Crippen LogP contribution in [0, 0.1) is 6.92 Å². The fourth-order valence-electron chi connectivity index (χ4n) is 2.24. The molecule has 0 radical (unpaired) electrons. The number of benzene rings is 1. The normalized spacial score (nSPS) is 11.6. The Morgan fingerprint density at radius 2 is 2.00 bits per heavy atom. The third-order valence-corrected chi connectivity index (χ3v) is 3.48. The molecule has 1 aromatic heterocycles. The smallest absolute Gasteiger partial charge is 0.226 e. The minimum absolute atomic E-state index is 0. The number of carbonyl (C=O) groups excluding carboxylic acids is 1. The molecule has 1 atom stereocenters. The van der Waals surface area contributed by atoms with E-state index in [0.717, 1.165) is 17.9 Å². The quantitative estimate of drug-likeness (QED) is 0.806. The van der Waals surface area contributed by atoms with Crippen molar-refractivity contribution in [3.8, 4) is 5.69 Å². The first kappa shape index (κ1) is 19.1. The lowest BCUT2D eigenvalue weighted by molar-refractivity contribution is -0.120. The van der Waals surface area contributed by atoms with Crippen molar-refractivity contribution < 1.29 is 4.79 Å². The zero-order chi connectivity index (χ0) is 15.9. The molecule has 2 rings (SSSR count). The first-order chi connectivity index (χ1) is 10.6. The van der Waals surface area contributed by atoms with Crippen molar-refractivity contribution in [3.63, 3.8) is 0 Å². The second-order valence-electron chi connectivity index (χ2n) is 5.31. The van der Waals surface area contributed by atoms with Crippen LogP contribution in [0.1, 0.15) is 25.2 Å². The van der Waals surface area contributed by atoms with Gasteiger partial charge < -0.3 is 10.6 Å². The number of hydrogen-bond acceptors (Lipinski definition) is 4. The highest BCUT2D eigenvalue weighted by molar-refractivity contribution is 5.85. The van der Waals surface area contributed by atoms with Gasteiger partial charge in [-0.05, 0) is 32.5 Å². The van der Waals surface area contributed by atoms with E-state index in [2.05, 4.69) is 20.9 Å². The summed E-state index contributed by atoms with van der Waals surface area (Å²) in [7, 11) is 0. The van der Waals surface area contributed by atoms with Gasteiger partial charge in [0.2, 0.25) is 5.91 Å². The van der Waals surface area contributed by atoms with Gasteiger partial charge in [-0.3, -0.25) is 4.79 Å². The number of aromatic nitrogens is 3. The van der Waals surface area contributed by atoms with Gasteiger partial charge in [-0.15, -0.1) is 17.5 Å². The van der Waals surface area contributed by atoms with Crippen LogP contribution in [-0.4, -0.2) is 40.0 Å². The molecule has 2 N–H and O–H groups in total. The molecule has 0 aliphatic heterocycles. The molecule has 6 nitrogen and oxygen atoms in total. The van der Waals surface area contributed by atoms with E-state index in [-0.39, 0.29) is 30.8 Å². The van der Waals surface area contributed by atoms with Gasteiger partial charge in [0.1, 0.15) is 0 Å². The van der Waals surface area contributed by atoms with E-state index in [4.69, 9.17) is 0 Å². The molecule has 0 unspecified atom stereocenters. The number of nitrogens with one attached hydrogen (secondary N) is 2. The van der Waals surface area contributed by atoms with Crippen LogP contribution in [0.25, 0.3) is 5.69 Å². The Labute approximate surface area is 143 Å². The predicted octanol–water partition coefficient (Wildman–Crippen LogP) is 1.65. The third kappa shape index (κ3) is 5.33. The summed E-state index contributed by atoms with van der Waals surface area (Å²) in [4.78, 5) is 12.0. The second-order valence-corrected chi connectivity index (χ2v) is 5.31. The van der Waals surface area contributed by atoms with E-state index in [1.165, 1.54) is 0 Å². The molecule has 1 aromatic carbocycles. The molecule has 0 bridgehead atoms. The van der Waals surface area contributed by atoms with Gasteiger partial charge >= 0.3 is 0 Å². The van der Waals surface area contributed by atoms with Crippen LogP contribution in [0.5, 0.6) is 0 Å². The van der Waals surface area contributed by atoms with Crippen LogP contribution in [0.15, 0.2) is 30.3 Å². The molecule has 0 fully saturated rings. The first-order valence-corrected chi connectivity index (χ1v) is 7.58. The van der Waals surface area contributed by atoms with E-state index < -0.39 is 0 Å². The van der Waals surface area contributed by atoms with Crippen LogP contribution in [0.4, 0.5) is 0 Å². The van der Waals surface area contributed by atoms with Crippen molar-refractivity contribution in [3.05, 3.63) is 41.7 Å². The van der Waals surface area contributed by atoms with Gasteiger partial charge in [0, 0.05) is 12.6 Å². The lowest BCUT2D eigenvalue weighted by atomic mass is 10.2. The van der Waals surface area contributed by atoms with Crippen LogP contribution >= 0.6 is 12.4 Å². The number of halogens is 1. The van der Waals surface area contributed by atoms with E-state index in [1.807, 2.05) is 51.1 Å². The topological polar surface area (TPSA) is 71.8 Å². The van der Waals surface area contributed by atoms with Crippen LogP contribution in [-0.2, 0) is 11.2 Å². The van der Waals surface area contributed by atoms with Crippen molar-refractivity contribution in [2.45, 2.75) is 33.2 Å². The van der Waals surface area contributed by atoms with Gasteiger partial charge in [0.15, 0.2) is 0 Å². The minimum Gasteiger partial charge on any atom is -0.354 e. The molecule has 1 heterocycles. The Bertz CT molecular complexity index is 614. The Kier molecular flexibility index (Phi) is 7.71. The Morgan fingerprint density at radius 3 is 2.65 bits per heavy atom. The minimum atomic E-state index is -0.0343. The molecule has 126 valence electrons. The highest BCUT2D eigenvalue weighted by atomic mass is 35.5. The average Bonchev–Trinajstić information content (AvgIpc) is 2.87. The number of nitrogens with zero attached hydrogens (tertiary/aromatic N) is 3. The molecule has 7 heteroatoms. The van der Waals surface area contributed by atoms with Crippen molar-refractivity contribution in [1.82, 2.24) is 25.6 Å². The second kappa shape index (κ2) is 9.27. The highest BCUT2D eigenvalue weighted by Crippen LogP contribution is 2.11. The lowest BCUT2D eigenvalue weighted by Crippen LogP contribution is -2.39. The maximum absolute atomic E-state index is 12.0. The SMILES string of the molecule is CCN[C@H](C)CNC(=O)Cc1nnn(-c2ccccc2)c1C.Cl. The number of para-hydroxylation sites is 1. The molecular weight excluding hydrogens is 314 g/mol. The Balaban J connectivity index is 0.00000264. The number of hydrogen-bond donors (Lipinski definition) is 2. The Morgan fingerprint density at radius 1 is 1.30 bits per heavy atom. The summed E-state index contributed by atoms with van der Waals surface area (Å²) in [5, 5.41) is 14.4. The standard InChI is InChI=1S/C16H23N5O.ClH/c1-4-17-12(2)11-18-16(22)10-15-13(3)21(20-19-15)14-8-6-5-7-9-14;/h5-9,12,17H,4,10-11H2,1-3H3,(H,18,22);1H/t12-;/m1./s1. The highest BCUT2D eigenvalue weighted by Gasteiger charge is 2.14. The molecule has 2 aromatic rings. The molecule has 0 saturated carbocycles. The molecule has 0 saturated heterocycles. The molecule has 0 aliphatic rings. The van der Waals surface area contributed by atoms with E-state index in [9.17, 15) is 4.79 Å². The molecule has 0 spiro atoms. The van der Waals surface area contributed by atoms with Gasteiger partial charge in [-0.2, -0.15) is 0 Å². The maximum Gasteiger partial charge on any atom is 0.226 e. The molecule has 1 amide bonds. The van der Waals surface area contributed by atoms with Crippen molar-refractivity contribution in [1.29, 1.82) is 0 Å². The fourth-order valence-corrected chi connectivity index (χ4v) is 2.24.